The van der Waals surface area contributed by atoms with Crippen LogP contribution >= 0.6 is 12.2 Å². The first kappa shape index (κ1) is 7.34. The van der Waals surface area contributed by atoms with E-state index in [1.165, 1.54) is 4.68 Å². The van der Waals surface area contributed by atoms with Gasteiger partial charge in [-0.2, -0.15) is 0 Å². The van der Waals surface area contributed by atoms with Crippen molar-refractivity contribution in [1.29, 1.82) is 0 Å². The molecule has 0 aliphatic rings. The molecule has 0 fully saturated rings. The van der Waals surface area contributed by atoms with Crippen molar-refractivity contribution >= 4 is 12.2 Å². The molecule has 0 atom stereocenters. The topological polar surface area (TPSA) is 46.7 Å². The summed E-state index contributed by atoms with van der Waals surface area (Å²) in [4.78, 5) is 3.00. The molecule has 0 spiro atoms. The van der Waals surface area contributed by atoms with Crippen molar-refractivity contribution in [3.05, 3.63) is 16.7 Å². The lowest BCUT2D eigenvalue weighted by Crippen LogP contribution is -2.05. The fourth-order valence-electron chi connectivity index (χ4n) is 0.857. The van der Waals surface area contributed by atoms with Gasteiger partial charge in [0, 0.05) is 11.9 Å². The number of aromatic nitrogens is 2. The number of nitrogens with two attached hydrogens (primary N) is 1. The third-order valence-corrected chi connectivity index (χ3v) is 1.63. The van der Waals surface area contributed by atoms with Crippen molar-refractivity contribution in [2.24, 2.45) is 0 Å². The number of nitrogens with zero attached hydrogens (tertiary/aromatic N) is 1. The van der Waals surface area contributed by atoms with E-state index in [9.17, 15) is 0 Å². The molecule has 0 amide bonds. The Balaban J connectivity index is 2.88. The zero-order valence-electron chi connectivity index (χ0n) is 5.92. The lowest BCUT2D eigenvalue weighted by molar-refractivity contribution is 0.890. The number of rotatable bonds is 2. The van der Waals surface area contributed by atoms with Gasteiger partial charge in [-0.3, -0.25) is 0 Å². The Kier molecular flexibility index (Phi) is 2.11. The minimum Gasteiger partial charge on any atom is -0.337 e. The molecule has 0 aliphatic heterocycles. The van der Waals surface area contributed by atoms with Gasteiger partial charge in [-0.1, -0.05) is 13.3 Å². The Morgan fingerprint density at radius 3 is 2.90 bits per heavy atom. The van der Waals surface area contributed by atoms with E-state index < -0.39 is 0 Å². The number of hydrogen-bond donors (Lipinski definition) is 2. The molecular weight excluding hydrogens is 146 g/mol. The van der Waals surface area contributed by atoms with Gasteiger partial charge < -0.3 is 10.8 Å². The van der Waals surface area contributed by atoms with E-state index in [1.807, 2.05) is 6.20 Å². The zero-order chi connectivity index (χ0) is 7.56. The number of nitrogen functional groups attached to an aromatic ring is 1. The van der Waals surface area contributed by atoms with E-state index in [2.05, 4.69) is 11.9 Å². The van der Waals surface area contributed by atoms with Crippen LogP contribution in [0.25, 0.3) is 0 Å². The Morgan fingerprint density at radius 2 is 2.50 bits per heavy atom. The highest BCUT2D eigenvalue weighted by Gasteiger charge is 1.94. The summed E-state index contributed by atoms with van der Waals surface area (Å²) in [5.41, 5.74) is 1.11. The second kappa shape index (κ2) is 2.88. The highest BCUT2D eigenvalue weighted by Crippen LogP contribution is 1.98. The summed E-state index contributed by atoms with van der Waals surface area (Å²) in [6.07, 6.45) is 3.94. The van der Waals surface area contributed by atoms with Crippen LogP contribution in [0.5, 0.6) is 0 Å². The van der Waals surface area contributed by atoms with Gasteiger partial charge in [0.05, 0.1) is 0 Å². The molecule has 0 saturated heterocycles. The molecule has 0 bridgehead atoms. The molecule has 3 N–H and O–H groups in total. The van der Waals surface area contributed by atoms with Crippen molar-refractivity contribution in [3.63, 3.8) is 0 Å². The van der Waals surface area contributed by atoms with Crippen LogP contribution in [0, 0.1) is 4.77 Å². The summed E-state index contributed by atoms with van der Waals surface area (Å²) in [7, 11) is 0. The summed E-state index contributed by atoms with van der Waals surface area (Å²) in [6.45, 7) is 2.12. The van der Waals surface area contributed by atoms with E-state index in [0.717, 1.165) is 18.5 Å². The van der Waals surface area contributed by atoms with E-state index in [0.29, 0.717) is 4.77 Å². The molecule has 3 nitrogen and oxygen atoms in total. The van der Waals surface area contributed by atoms with E-state index in [4.69, 9.17) is 18.1 Å². The summed E-state index contributed by atoms with van der Waals surface area (Å²) >= 11 is 4.87. The molecule has 0 saturated carbocycles. The Hall–Kier alpha value is -0.770. The van der Waals surface area contributed by atoms with Gasteiger partial charge in [-0.25, -0.2) is 4.68 Å². The quantitative estimate of drug-likeness (QED) is 0.500. The second-order valence-electron chi connectivity index (χ2n) is 2.24. The van der Waals surface area contributed by atoms with Crippen LogP contribution < -0.4 is 5.84 Å². The smallest absolute Gasteiger partial charge is 0.195 e. The molecule has 1 aromatic rings. The zero-order valence-corrected chi connectivity index (χ0v) is 6.74. The van der Waals surface area contributed by atoms with Crippen LogP contribution in [-0.4, -0.2) is 9.66 Å². The average molecular weight is 157 g/mol. The largest absolute Gasteiger partial charge is 0.337 e. The SMILES string of the molecule is CCCc1cn(N)c(=S)[nH]1. The van der Waals surface area contributed by atoms with Crippen LogP contribution in [0.4, 0.5) is 0 Å². The van der Waals surface area contributed by atoms with Gasteiger partial charge in [0.1, 0.15) is 0 Å². The van der Waals surface area contributed by atoms with Gasteiger partial charge in [-0.05, 0) is 18.6 Å². The predicted octanol–water partition coefficient (Wildman–Crippen LogP) is 1.21. The van der Waals surface area contributed by atoms with Crippen LogP contribution in [0.3, 0.4) is 0 Å². The van der Waals surface area contributed by atoms with Gasteiger partial charge >= 0.3 is 0 Å². The van der Waals surface area contributed by atoms with Gasteiger partial charge in [-0.15, -0.1) is 0 Å². The molecule has 0 aromatic carbocycles. The molecule has 1 rings (SSSR count). The number of aryl methyl sites for hydroxylation is 1. The summed E-state index contributed by atoms with van der Waals surface area (Å²) < 4.78 is 2.02. The summed E-state index contributed by atoms with van der Waals surface area (Å²) in [5, 5.41) is 0. The Morgan fingerprint density at radius 1 is 1.80 bits per heavy atom. The Bertz CT molecular complexity index is 260. The maximum atomic E-state index is 5.45. The maximum Gasteiger partial charge on any atom is 0.195 e. The van der Waals surface area contributed by atoms with Crippen LogP contribution in [0.2, 0.25) is 0 Å². The summed E-state index contributed by atoms with van der Waals surface area (Å²) in [6, 6.07) is 0. The third kappa shape index (κ3) is 1.39. The van der Waals surface area contributed by atoms with E-state index in [-0.39, 0.29) is 0 Å². The maximum absolute atomic E-state index is 5.45. The molecule has 0 aliphatic carbocycles. The van der Waals surface area contributed by atoms with Crippen molar-refractivity contribution < 1.29 is 0 Å². The normalized spacial score (nSPS) is 10.1. The number of hydrogen-bond acceptors (Lipinski definition) is 2. The first-order valence-corrected chi connectivity index (χ1v) is 3.70. The van der Waals surface area contributed by atoms with Crippen molar-refractivity contribution in [1.82, 2.24) is 9.66 Å². The van der Waals surface area contributed by atoms with Crippen LogP contribution in [0.15, 0.2) is 6.20 Å². The number of aromatic amines is 1. The Labute approximate surface area is 64.8 Å². The third-order valence-electron chi connectivity index (χ3n) is 1.32. The first-order chi connectivity index (χ1) is 4.74. The lowest BCUT2D eigenvalue weighted by Gasteiger charge is -1.87. The fourth-order valence-corrected chi connectivity index (χ4v) is 1.04. The predicted molar refractivity (Wildman–Crippen MR) is 43.8 cm³/mol. The minimum atomic E-state index is 0.587. The molecular formula is C6H11N3S. The van der Waals surface area contributed by atoms with Crippen molar-refractivity contribution in [3.8, 4) is 0 Å². The molecule has 10 heavy (non-hydrogen) atoms. The van der Waals surface area contributed by atoms with Crippen LogP contribution in [0.1, 0.15) is 19.0 Å². The summed E-state index contributed by atoms with van der Waals surface area (Å²) in [5.74, 6) is 5.45. The molecule has 1 aromatic heterocycles. The molecule has 1 heterocycles. The van der Waals surface area contributed by atoms with Crippen LogP contribution in [-0.2, 0) is 6.42 Å². The highest BCUT2D eigenvalue weighted by atomic mass is 32.1. The average Bonchev–Trinajstić information content (AvgIpc) is 2.14. The number of imidazole rings is 1. The van der Waals surface area contributed by atoms with Gasteiger partial charge in [0.2, 0.25) is 0 Å². The second-order valence-corrected chi connectivity index (χ2v) is 2.63. The molecule has 0 unspecified atom stereocenters. The lowest BCUT2D eigenvalue weighted by atomic mass is 10.3. The van der Waals surface area contributed by atoms with Gasteiger partial charge in [0.15, 0.2) is 4.77 Å². The molecule has 56 valence electrons. The highest BCUT2D eigenvalue weighted by molar-refractivity contribution is 7.71. The number of nitrogens with one attached hydrogen (secondary N) is 1. The fraction of sp³-hybridized carbons (Fsp3) is 0.500. The molecule has 4 heteroatoms. The van der Waals surface area contributed by atoms with E-state index >= 15 is 0 Å². The monoisotopic (exact) mass is 157 g/mol. The van der Waals surface area contributed by atoms with Crippen molar-refractivity contribution in [2.75, 3.05) is 5.84 Å². The van der Waals surface area contributed by atoms with Crippen molar-refractivity contribution in [2.45, 2.75) is 19.8 Å². The van der Waals surface area contributed by atoms with Gasteiger partial charge in [0.25, 0.3) is 0 Å². The standard InChI is InChI=1S/C6H11N3S/c1-2-3-5-4-9(7)6(10)8-5/h4H,2-3,7H2,1H3,(H,8,10). The molecule has 0 radical (unpaired) electrons. The number of H-pyrrole nitrogens is 1. The first-order valence-electron chi connectivity index (χ1n) is 3.29. The minimum absolute atomic E-state index is 0.587. The van der Waals surface area contributed by atoms with E-state index in [1.54, 1.807) is 0 Å².